The lowest BCUT2D eigenvalue weighted by Crippen LogP contribution is -2.58. The highest BCUT2D eigenvalue weighted by Crippen LogP contribution is 2.51. The van der Waals surface area contributed by atoms with E-state index in [2.05, 4.69) is 47.4 Å². The van der Waals surface area contributed by atoms with Gasteiger partial charge in [-0.1, -0.05) is 48.9 Å². The lowest BCUT2D eigenvalue weighted by atomic mass is 9.62. The van der Waals surface area contributed by atoms with E-state index in [0.29, 0.717) is 11.8 Å². The van der Waals surface area contributed by atoms with Crippen molar-refractivity contribution in [2.45, 2.75) is 31.4 Å². The van der Waals surface area contributed by atoms with E-state index in [1.807, 2.05) is 25.3 Å². The topological polar surface area (TPSA) is 36.3 Å². The van der Waals surface area contributed by atoms with Crippen LogP contribution in [0.3, 0.4) is 0 Å². The molecule has 0 unspecified atom stereocenters. The van der Waals surface area contributed by atoms with E-state index in [0.717, 1.165) is 25.2 Å². The van der Waals surface area contributed by atoms with Crippen LogP contribution in [0.1, 0.15) is 36.0 Å². The molecule has 0 N–H and O–H groups in total. The summed E-state index contributed by atoms with van der Waals surface area (Å²) in [6.07, 6.45) is 3.65. The Morgan fingerprint density at radius 1 is 1.08 bits per heavy atom. The summed E-state index contributed by atoms with van der Waals surface area (Å²) in [7, 11) is 1.86. The molecule has 1 saturated heterocycles. The van der Waals surface area contributed by atoms with E-state index in [1.165, 1.54) is 30.4 Å². The maximum atomic E-state index is 9.33. The van der Waals surface area contributed by atoms with Gasteiger partial charge < -0.3 is 4.74 Å². The minimum absolute atomic E-state index is 0.252. The Morgan fingerprint density at radius 3 is 2.46 bits per heavy atom. The number of rotatable bonds is 4. The van der Waals surface area contributed by atoms with Crippen LogP contribution in [0, 0.1) is 23.2 Å². The molecule has 0 amide bonds. The summed E-state index contributed by atoms with van der Waals surface area (Å²) >= 11 is 0. The van der Waals surface area contributed by atoms with Gasteiger partial charge in [-0.15, -0.1) is 0 Å². The lowest BCUT2D eigenvalue weighted by molar-refractivity contribution is -0.170. The zero-order chi connectivity index (χ0) is 18.0. The van der Waals surface area contributed by atoms with Crippen LogP contribution in [0.15, 0.2) is 54.6 Å². The van der Waals surface area contributed by atoms with Crippen LogP contribution < -0.4 is 0 Å². The highest BCUT2D eigenvalue weighted by atomic mass is 16.5. The monoisotopic (exact) mass is 346 g/mol. The van der Waals surface area contributed by atoms with Gasteiger partial charge in [0.15, 0.2) is 0 Å². The Bertz CT molecular complexity index is 781. The molecule has 1 aliphatic carbocycles. The fraction of sp³-hybridized carbons (Fsp3) is 0.435. The fourth-order valence-corrected chi connectivity index (χ4v) is 5.25. The van der Waals surface area contributed by atoms with E-state index in [4.69, 9.17) is 4.74 Å². The van der Waals surface area contributed by atoms with Gasteiger partial charge in [-0.25, -0.2) is 0 Å². The second-order valence-electron chi connectivity index (χ2n) is 7.69. The molecule has 3 nitrogen and oxygen atoms in total. The number of nitrogens with zero attached hydrogens (tertiary/aromatic N) is 2. The van der Waals surface area contributed by atoms with E-state index in [-0.39, 0.29) is 5.60 Å². The molecule has 2 fully saturated rings. The maximum Gasteiger partial charge on any atom is 0.101 e. The zero-order valence-electron chi connectivity index (χ0n) is 15.4. The molecule has 2 aromatic carbocycles. The van der Waals surface area contributed by atoms with Crippen molar-refractivity contribution in [3.63, 3.8) is 0 Å². The first-order valence-corrected chi connectivity index (χ1v) is 9.58. The molecule has 2 aromatic rings. The highest BCUT2D eigenvalue weighted by Gasteiger charge is 2.53. The molecule has 26 heavy (non-hydrogen) atoms. The summed E-state index contributed by atoms with van der Waals surface area (Å²) in [6.45, 7) is 3.11. The number of methoxy groups -OCH3 is 1. The SMILES string of the molecule is CO[C@@]1(c2cccc(C#N)c2)[C@@H]2CCC[C@H]1CN(Cc1ccccc1)C2. The Balaban J connectivity index is 1.64. The van der Waals surface area contributed by atoms with E-state index >= 15 is 0 Å². The Morgan fingerprint density at radius 2 is 1.81 bits per heavy atom. The van der Waals surface area contributed by atoms with Gasteiger partial charge >= 0.3 is 0 Å². The van der Waals surface area contributed by atoms with E-state index < -0.39 is 0 Å². The van der Waals surface area contributed by atoms with Crippen LogP contribution in [-0.2, 0) is 16.9 Å². The summed E-state index contributed by atoms with van der Waals surface area (Å²) in [5.74, 6) is 0.940. The molecule has 0 aromatic heterocycles. The molecule has 0 spiro atoms. The number of nitriles is 1. The number of benzene rings is 2. The van der Waals surface area contributed by atoms with Crippen LogP contribution in [0.4, 0.5) is 0 Å². The molecule has 3 atom stereocenters. The molecule has 134 valence electrons. The Kier molecular flexibility index (Phi) is 4.80. The van der Waals surface area contributed by atoms with Crippen LogP contribution in [0.25, 0.3) is 0 Å². The van der Waals surface area contributed by atoms with Crippen LogP contribution in [0.5, 0.6) is 0 Å². The van der Waals surface area contributed by atoms with Crippen molar-refractivity contribution in [3.8, 4) is 6.07 Å². The standard InChI is InChI=1S/C23H26N2O/c1-26-23(20-10-5-9-19(13-20)14-24)21-11-6-12-22(23)17-25(16-21)15-18-7-3-2-4-8-18/h2-5,7-10,13,21-22H,6,11-12,15-17H2,1H3/t21-,22+,23+. The molecule has 2 aliphatic rings. The van der Waals surface area contributed by atoms with E-state index in [9.17, 15) is 5.26 Å². The molecule has 1 saturated carbocycles. The number of fused-ring (bicyclic) bond motifs is 2. The average Bonchev–Trinajstić information content (AvgIpc) is 2.68. The zero-order valence-corrected chi connectivity index (χ0v) is 15.4. The predicted molar refractivity (Wildman–Crippen MR) is 102 cm³/mol. The molecular weight excluding hydrogens is 320 g/mol. The van der Waals surface area contributed by atoms with Crippen LogP contribution in [-0.4, -0.2) is 25.1 Å². The maximum absolute atomic E-state index is 9.33. The molecule has 1 heterocycles. The van der Waals surface area contributed by atoms with Gasteiger partial charge in [0.2, 0.25) is 0 Å². The molecule has 4 rings (SSSR count). The summed E-state index contributed by atoms with van der Waals surface area (Å²) in [5, 5.41) is 9.33. The van der Waals surface area contributed by atoms with Crippen LogP contribution >= 0.6 is 0 Å². The third kappa shape index (κ3) is 2.94. The van der Waals surface area contributed by atoms with Crippen molar-refractivity contribution >= 4 is 0 Å². The van der Waals surface area contributed by atoms with Crippen molar-refractivity contribution in [1.82, 2.24) is 4.90 Å². The van der Waals surface area contributed by atoms with Gasteiger partial charge in [0.1, 0.15) is 5.60 Å². The third-order valence-corrected chi connectivity index (χ3v) is 6.30. The second kappa shape index (κ2) is 7.23. The molecule has 1 aliphatic heterocycles. The molecule has 0 radical (unpaired) electrons. The molecule has 2 bridgehead atoms. The first-order valence-electron chi connectivity index (χ1n) is 9.58. The first kappa shape index (κ1) is 17.3. The van der Waals surface area contributed by atoms with Gasteiger partial charge in [-0.2, -0.15) is 5.26 Å². The number of piperidine rings is 1. The predicted octanol–water partition coefficient (Wildman–Crippen LogP) is 4.33. The van der Waals surface area contributed by atoms with Crippen LogP contribution in [0.2, 0.25) is 0 Å². The number of likely N-dealkylation sites (tertiary alicyclic amines) is 1. The van der Waals surface area contributed by atoms with Gasteiger partial charge in [-0.3, -0.25) is 4.90 Å². The van der Waals surface area contributed by atoms with Crippen molar-refractivity contribution in [1.29, 1.82) is 5.26 Å². The summed E-state index contributed by atoms with van der Waals surface area (Å²) in [5.41, 5.74) is 3.04. The van der Waals surface area contributed by atoms with Crippen molar-refractivity contribution in [3.05, 3.63) is 71.3 Å². The number of hydrogen-bond acceptors (Lipinski definition) is 3. The minimum atomic E-state index is -0.252. The minimum Gasteiger partial charge on any atom is -0.373 e. The number of ether oxygens (including phenoxy) is 1. The second-order valence-corrected chi connectivity index (χ2v) is 7.69. The quantitative estimate of drug-likeness (QED) is 0.826. The van der Waals surface area contributed by atoms with Crippen molar-refractivity contribution in [2.24, 2.45) is 11.8 Å². The molecule has 3 heteroatoms. The summed E-state index contributed by atoms with van der Waals surface area (Å²) in [4.78, 5) is 2.59. The van der Waals surface area contributed by atoms with Gasteiger partial charge in [-0.05, 0) is 36.1 Å². The fourth-order valence-electron chi connectivity index (χ4n) is 5.25. The third-order valence-electron chi connectivity index (χ3n) is 6.30. The average molecular weight is 346 g/mol. The van der Waals surface area contributed by atoms with E-state index in [1.54, 1.807) is 0 Å². The molecular formula is C23H26N2O. The lowest BCUT2D eigenvalue weighted by Gasteiger charge is -2.55. The summed E-state index contributed by atoms with van der Waals surface area (Å²) < 4.78 is 6.29. The van der Waals surface area contributed by atoms with Gasteiger partial charge in [0.25, 0.3) is 0 Å². The first-order chi connectivity index (χ1) is 12.8. The largest absolute Gasteiger partial charge is 0.373 e. The van der Waals surface area contributed by atoms with Crippen molar-refractivity contribution in [2.75, 3.05) is 20.2 Å². The van der Waals surface area contributed by atoms with Crippen molar-refractivity contribution < 1.29 is 4.74 Å². The van der Waals surface area contributed by atoms with Gasteiger partial charge in [0, 0.05) is 38.6 Å². The highest BCUT2D eigenvalue weighted by molar-refractivity contribution is 5.37. The Labute approximate surface area is 156 Å². The van der Waals surface area contributed by atoms with Gasteiger partial charge in [0.05, 0.1) is 11.6 Å². The summed E-state index contributed by atoms with van der Waals surface area (Å²) in [6, 6.07) is 21.1. The Hall–Kier alpha value is -2.15. The number of hydrogen-bond donors (Lipinski definition) is 0. The normalized spacial score (nSPS) is 28.5. The smallest absolute Gasteiger partial charge is 0.101 e.